The molecule has 0 bridgehead atoms. The lowest BCUT2D eigenvalue weighted by atomic mass is 10.2. The van der Waals surface area contributed by atoms with E-state index in [1.54, 1.807) is 12.1 Å². The van der Waals surface area contributed by atoms with Gasteiger partial charge in [-0.1, -0.05) is 17.4 Å². The van der Waals surface area contributed by atoms with E-state index < -0.39 is 11.0 Å². The predicted octanol–water partition coefficient (Wildman–Crippen LogP) is 2.27. The molecule has 4 nitrogen and oxygen atoms in total. The normalized spacial score (nSPS) is 12.4. The summed E-state index contributed by atoms with van der Waals surface area (Å²) in [7, 11) is 0. The fourth-order valence-electron chi connectivity index (χ4n) is 0.893. The Morgan fingerprint density at radius 3 is 2.92 bits per heavy atom. The number of aliphatic hydroxyl groups is 1. The van der Waals surface area contributed by atoms with Crippen LogP contribution < -0.4 is 0 Å². The van der Waals surface area contributed by atoms with E-state index in [1.165, 1.54) is 6.07 Å². The van der Waals surface area contributed by atoms with Crippen molar-refractivity contribution in [1.82, 2.24) is 0 Å². The van der Waals surface area contributed by atoms with Gasteiger partial charge >= 0.3 is 5.00 Å². The van der Waals surface area contributed by atoms with Crippen LogP contribution in [0.25, 0.3) is 0 Å². The standard InChI is InChI=1S/C8H9NO3S/c1-2-3-6(10)7-4-5-8(13-7)9(11)12/h2,4-6,10H,1,3H2/t6-/m0/s1. The van der Waals surface area contributed by atoms with Gasteiger partial charge in [0.1, 0.15) is 0 Å². The molecule has 1 rings (SSSR count). The zero-order valence-corrected chi connectivity index (χ0v) is 7.66. The largest absolute Gasteiger partial charge is 0.387 e. The van der Waals surface area contributed by atoms with E-state index in [9.17, 15) is 15.2 Å². The van der Waals surface area contributed by atoms with Crippen LogP contribution in [-0.2, 0) is 0 Å². The van der Waals surface area contributed by atoms with Gasteiger partial charge in [0.2, 0.25) is 0 Å². The summed E-state index contributed by atoms with van der Waals surface area (Å²) in [5.41, 5.74) is 0. The Labute approximate surface area is 79.3 Å². The first-order valence-electron chi connectivity index (χ1n) is 3.68. The molecule has 1 aromatic rings. The van der Waals surface area contributed by atoms with Crippen molar-refractivity contribution in [2.24, 2.45) is 0 Å². The van der Waals surface area contributed by atoms with Crippen LogP contribution in [0.3, 0.4) is 0 Å². The van der Waals surface area contributed by atoms with Crippen LogP contribution in [0.4, 0.5) is 5.00 Å². The Bertz CT molecular complexity index is 321. The van der Waals surface area contributed by atoms with E-state index in [-0.39, 0.29) is 5.00 Å². The molecule has 1 aromatic heterocycles. The van der Waals surface area contributed by atoms with Crippen LogP contribution in [-0.4, -0.2) is 10.0 Å². The zero-order chi connectivity index (χ0) is 9.84. The van der Waals surface area contributed by atoms with Crippen LogP contribution in [0.1, 0.15) is 17.4 Å². The maximum atomic E-state index is 10.3. The average Bonchev–Trinajstić information content (AvgIpc) is 2.52. The quantitative estimate of drug-likeness (QED) is 0.459. The molecule has 13 heavy (non-hydrogen) atoms. The summed E-state index contributed by atoms with van der Waals surface area (Å²) >= 11 is 0.992. The van der Waals surface area contributed by atoms with Crippen molar-refractivity contribution < 1.29 is 10.0 Å². The first-order valence-corrected chi connectivity index (χ1v) is 4.50. The van der Waals surface area contributed by atoms with Crippen molar-refractivity contribution in [3.63, 3.8) is 0 Å². The molecule has 1 heterocycles. The van der Waals surface area contributed by atoms with Gasteiger partial charge in [-0.25, -0.2) is 0 Å². The second-order valence-corrected chi connectivity index (χ2v) is 3.57. The number of nitrogens with zero attached hydrogens (tertiary/aromatic N) is 1. The third-order valence-corrected chi connectivity index (χ3v) is 2.65. The highest BCUT2D eigenvalue weighted by atomic mass is 32.1. The molecule has 0 fully saturated rings. The molecule has 0 amide bonds. The molecule has 0 spiro atoms. The van der Waals surface area contributed by atoms with Crippen molar-refractivity contribution in [2.45, 2.75) is 12.5 Å². The maximum absolute atomic E-state index is 10.3. The highest BCUT2D eigenvalue weighted by Gasteiger charge is 2.14. The van der Waals surface area contributed by atoms with Crippen LogP contribution >= 0.6 is 11.3 Å². The van der Waals surface area contributed by atoms with Gasteiger partial charge in [0, 0.05) is 10.9 Å². The van der Waals surface area contributed by atoms with Gasteiger partial charge < -0.3 is 5.11 Å². The fraction of sp³-hybridized carbons (Fsp3) is 0.250. The van der Waals surface area contributed by atoms with Crippen LogP contribution in [0.5, 0.6) is 0 Å². The Kier molecular flexibility index (Phi) is 3.16. The van der Waals surface area contributed by atoms with E-state index in [0.717, 1.165) is 11.3 Å². The minimum Gasteiger partial charge on any atom is -0.387 e. The second kappa shape index (κ2) is 4.15. The molecule has 0 aliphatic rings. The van der Waals surface area contributed by atoms with Crippen LogP contribution in [0.2, 0.25) is 0 Å². The van der Waals surface area contributed by atoms with Crippen LogP contribution in [0, 0.1) is 10.1 Å². The first kappa shape index (κ1) is 9.88. The van der Waals surface area contributed by atoms with E-state index in [2.05, 4.69) is 6.58 Å². The topological polar surface area (TPSA) is 63.4 Å². The highest BCUT2D eigenvalue weighted by molar-refractivity contribution is 7.15. The zero-order valence-electron chi connectivity index (χ0n) is 6.84. The van der Waals surface area contributed by atoms with Gasteiger partial charge in [0.05, 0.1) is 11.0 Å². The number of hydrogen-bond donors (Lipinski definition) is 1. The maximum Gasteiger partial charge on any atom is 0.324 e. The summed E-state index contributed by atoms with van der Waals surface area (Å²) in [6, 6.07) is 2.96. The Morgan fingerprint density at radius 1 is 1.77 bits per heavy atom. The van der Waals surface area contributed by atoms with E-state index in [1.807, 2.05) is 0 Å². The minimum atomic E-state index is -0.670. The Morgan fingerprint density at radius 2 is 2.46 bits per heavy atom. The monoisotopic (exact) mass is 199 g/mol. The molecule has 0 radical (unpaired) electrons. The summed E-state index contributed by atoms with van der Waals surface area (Å²) in [6.07, 6.45) is 1.32. The van der Waals surface area contributed by atoms with Gasteiger partial charge in [-0.3, -0.25) is 10.1 Å². The van der Waals surface area contributed by atoms with Gasteiger partial charge in [-0.05, 0) is 12.5 Å². The molecule has 0 aromatic carbocycles. The fourth-order valence-corrected chi connectivity index (χ4v) is 1.71. The van der Waals surface area contributed by atoms with Crippen molar-refractivity contribution in [1.29, 1.82) is 0 Å². The summed E-state index contributed by atoms with van der Waals surface area (Å²) in [4.78, 5) is 10.4. The van der Waals surface area contributed by atoms with E-state index in [4.69, 9.17) is 0 Å². The highest BCUT2D eigenvalue weighted by Crippen LogP contribution is 2.30. The smallest absolute Gasteiger partial charge is 0.324 e. The summed E-state index contributed by atoms with van der Waals surface area (Å²) in [6.45, 7) is 3.48. The first-order chi connectivity index (χ1) is 6.15. The molecule has 70 valence electrons. The minimum absolute atomic E-state index is 0.0538. The molecule has 0 unspecified atom stereocenters. The SMILES string of the molecule is C=CC[C@H](O)c1ccc([N+](=O)[O-])s1. The van der Waals surface area contributed by atoms with E-state index in [0.29, 0.717) is 11.3 Å². The number of rotatable bonds is 4. The van der Waals surface area contributed by atoms with Gasteiger partial charge in [-0.2, -0.15) is 0 Å². The van der Waals surface area contributed by atoms with Crippen molar-refractivity contribution >= 4 is 16.3 Å². The number of aliphatic hydroxyl groups excluding tert-OH is 1. The molecule has 1 N–H and O–H groups in total. The summed E-state index contributed by atoms with van der Waals surface area (Å²) in [5.74, 6) is 0. The molecule has 1 atom stereocenters. The van der Waals surface area contributed by atoms with Crippen molar-refractivity contribution in [3.8, 4) is 0 Å². The third-order valence-electron chi connectivity index (χ3n) is 1.51. The second-order valence-electron chi connectivity index (χ2n) is 2.47. The van der Waals surface area contributed by atoms with Gasteiger partial charge in [0.15, 0.2) is 0 Å². The molecule has 0 saturated heterocycles. The molecular weight excluding hydrogens is 190 g/mol. The van der Waals surface area contributed by atoms with Gasteiger partial charge in [-0.15, -0.1) is 6.58 Å². The van der Waals surface area contributed by atoms with Crippen LogP contribution in [0.15, 0.2) is 24.8 Å². The van der Waals surface area contributed by atoms with Crippen molar-refractivity contribution in [2.75, 3.05) is 0 Å². The number of nitro groups is 1. The lowest BCUT2D eigenvalue weighted by Gasteiger charge is -2.02. The lowest BCUT2D eigenvalue weighted by Crippen LogP contribution is -1.90. The molecular formula is C8H9NO3S. The summed E-state index contributed by atoms with van der Waals surface area (Å²) in [5, 5.41) is 19.8. The Balaban J connectivity index is 2.78. The molecule has 0 aliphatic heterocycles. The molecule has 0 aliphatic carbocycles. The third kappa shape index (κ3) is 2.37. The average molecular weight is 199 g/mol. The van der Waals surface area contributed by atoms with Crippen molar-refractivity contribution in [3.05, 3.63) is 39.8 Å². The van der Waals surface area contributed by atoms with Gasteiger partial charge in [0.25, 0.3) is 0 Å². The Hall–Kier alpha value is -1.20. The molecule has 5 heteroatoms. The molecule has 0 saturated carbocycles. The predicted molar refractivity (Wildman–Crippen MR) is 50.7 cm³/mol. The van der Waals surface area contributed by atoms with E-state index >= 15 is 0 Å². The summed E-state index contributed by atoms with van der Waals surface area (Å²) < 4.78 is 0. The number of hydrogen-bond acceptors (Lipinski definition) is 4. The lowest BCUT2D eigenvalue weighted by molar-refractivity contribution is -0.380. The number of thiophene rings is 1.